The van der Waals surface area contributed by atoms with Crippen molar-refractivity contribution in [2.24, 2.45) is 13.0 Å². The summed E-state index contributed by atoms with van der Waals surface area (Å²) in [5, 5.41) is 0. The maximum atomic E-state index is 6.30. The maximum absolute atomic E-state index is 6.30. The summed E-state index contributed by atoms with van der Waals surface area (Å²) < 4.78 is 2.10. The molecule has 114 valence electrons. The molecule has 0 amide bonds. The molecule has 2 N–H and O–H groups in total. The van der Waals surface area contributed by atoms with Crippen LogP contribution in [0.1, 0.15) is 38.2 Å². The normalized spacial score (nSPS) is 16.0. The number of anilines is 2. The summed E-state index contributed by atoms with van der Waals surface area (Å²) in [6, 6.07) is 2.07. The molecule has 1 fully saturated rings. The summed E-state index contributed by atoms with van der Waals surface area (Å²) in [6.07, 6.45) is 7.57. The fourth-order valence-electron chi connectivity index (χ4n) is 3.61. The number of hydrogen-bond acceptors (Lipinski definition) is 3. The number of aryl methyl sites for hydroxylation is 2. The first-order chi connectivity index (χ1) is 10.1. The van der Waals surface area contributed by atoms with Crippen molar-refractivity contribution in [1.29, 1.82) is 0 Å². The van der Waals surface area contributed by atoms with E-state index in [0.717, 1.165) is 41.5 Å². The van der Waals surface area contributed by atoms with E-state index >= 15 is 0 Å². The summed E-state index contributed by atoms with van der Waals surface area (Å²) in [5.41, 5.74) is 10.5. The van der Waals surface area contributed by atoms with Gasteiger partial charge >= 0.3 is 0 Å². The lowest BCUT2D eigenvalue weighted by Gasteiger charge is -2.26. The monoisotopic (exact) mass is 286 g/mol. The van der Waals surface area contributed by atoms with Crippen molar-refractivity contribution < 1.29 is 0 Å². The molecule has 1 aliphatic rings. The minimum Gasteiger partial charge on any atom is -0.396 e. The van der Waals surface area contributed by atoms with Crippen LogP contribution >= 0.6 is 0 Å². The third-order valence-electron chi connectivity index (χ3n) is 4.79. The number of nitrogens with zero attached hydrogens (tertiary/aromatic N) is 3. The van der Waals surface area contributed by atoms with E-state index in [1.807, 2.05) is 7.05 Å². The molecular weight excluding hydrogens is 260 g/mol. The van der Waals surface area contributed by atoms with Crippen LogP contribution in [0.2, 0.25) is 0 Å². The molecular formula is C17H26N4. The topological polar surface area (TPSA) is 47.1 Å². The van der Waals surface area contributed by atoms with Gasteiger partial charge in [0.05, 0.1) is 16.7 Å². The van der Waals surface area contributed by atoms with Crippen molar-refractivity contribution in [3.63, 3.8) is 0 Å². The molecule has 0 atom stereocenters. The molecule has 4 heteroatoms. The van der Waals surface area contributed by atoms with Crippen LogP contribution in [0, 0.1) is 12.8 Å². The van der Waals surface area contributed by atoms with Gasteiger partial charge in [-0.15, -0.1) is 0 Å². The van der Waals surface area contributed by atoms with E-state index in [4.69, 9.17) is 10.7 Å². The van der Waals surface area contributed by atoms with Crippen LogP contribution in [-0.2, 0) is 7.05 Å². The Labute approximate surface area is 126 Å². The molecule has 2 aromatic heterocycles. The van der Waals surface area contributed by atoms with Crippen molar-refractivity contribution in [3.05, 3.63) is 17.8 Å². The highest BCUT2D eigenvalue weighted by Crippen LogP contribution is 2.31. The highest BCUT2D eigenvalue weighted by molar-refractivity contribution is 5.86. The number of rotatable bonds is 4. The Balaban J connectivity index is 1.96. The van der Waals surface area contributed by atoms with E-state index in [1.165, 1.54) is 31.2 Å². The molecule has 0 aromatic carbocycles. The average molecular weight is 286 g/mol. The van der Waals surface area contributed by atoms with Crippen molar-refractivity contribution in [2.45, 2.75) is 39.5 Å². The number of nitrogens with two attached hydrogens (primary N) is 1. The van der Waals surface area contributed by atoms with E-state index in [-0.39, 0.29) is 0 Å². The van der Waals surface area contributed by atoms with E-state index in [0.29, 0.717) is 0 Å². The molecule has 0 spiro atoms. The molecule has 1 saturated carbocycles. The third-order valence-corrected chi connectivity index (χ3v) is 4.79. The second-order valence-corrected chi connectivity index (χ2v) is 6.38. The van der Waals surface area contributed by atoms with Crippen molar-refractivity contribution in [3.8, 4) is 0 Å². The van der Waals surface area contributed by atoms with Crippen LogP contribution in [0.15, 0.2) is 12.3 Å². The zero-order valence-corrected chi connectivity index (χ0v) is 13.4. The highest BCUT2D eigenvalue weighted by atomic mass is 15.2. The van der Waals surface area contributed by atoms with Gasteiger partial charge in [0.2, 0.25) is 0 Å². The minimum absolute atomic E-state index is 0.795. The lowest BCUT2D eigenvalue weighted by molar-refractivity contribution is 0.534. The maximum Gasteiger partial charge on any atom is 0.152 e. The van der Waals surface area contributed by atoms with Gasteiger partial charge in [0.1, 0.15) is 0 Å². The zero-order chi connectivity index (χ0) is 15.0. The largest absolute Gasteiger partial charge is 0.396 e. The van der Waals surface area contributed by atoms with Gasteiger partial charge in [-0.25, -0.2) is 4.98 Å². The van der Waals surface area contributed by atoms with Gasteiger partial charge < -0.3 is 15.2 Å². The van der Waals surface area contributed by atoms with E-state index in [9.17, 15) is 0 Å². The lowest BCUT2D eigenvalue weighted by Crippen LogP contribution is -2.30. The molecule has 3 rings (SSSR count). The van der Waals surface area contributed by atoms with E-state index < -0.39 is 0 Å². The van der Waals surface area contributed by atoms with E-state index in [1.54, 1.807) is 0 Å². The van der Waals surface area contributed by atoms with Gasteiger partial charge in [0, 0.05) is 26.3 Å². The van der Waals surface area contributed by atoms with Gasteiger partial charge in [0.15, 0.2) is 5.82 Å². The predicted molar refractivity (Wildman–Crippen MR) is 89.7 cm³/mol. The van der Waals surface area contributed by atoms with Crippen molar-refractivity contribution in [1.82, 2.24) is 9.55 Å². The number of hydrogen-bond donors (Lipinski definition) is 1. The number of aromatic nitrogens is 2. The first-order valence-electron chi connectivity index (χ1n) is 8.07. The second kappa shape index (κ2) is 5.58. The van der Waals surface area contributed by atoms with Gasteiger partial charge in [-0.3, -0.25) is 0 Å². The molecule has 2 aromatic rings. The Morgan fingerprint density at radius 1 is 1.38 bits per heavy atom. The second-order valence-electron chi connectivity index (χ2n) is 6.38. The first kappa shape index (κ1) is 14.2. The Morgan fingerprint density at radius 2 is 2.10 bits per heavy atom. The first-order valence-corrected chi connectivity index (χ1v) is 8.07. The summed E-state index contributed by atoms with van der Waals surface area (Å²) in [4.78, 5) is 7.25. The standard InChI is InChI=1S/C17H26N4/c1-4-21(11-13-7-5-6-8-13)17-14(18)9-15-16(19-17)12(2)10-20(15)3/h9-10,13H,4-8,11,18H2,1-3H3. The summed E-state index contributed by atoms with van der Waals surface area (Å²) in [5.74, 6) is 1.77. The Hall–Kier alpha value is -1.71. The molecule has 0 aliphatic heterocycles. The molecule has 1 aliphatic carbocycles. The van der Waals surface area contributed by atoms with Gasteiger partial charge in [-0.05, 0) is 44.2 Å². The average Bonchev–Trinajstić information content (AvgIpc) is 3.05. The summed E-state index contributed by atoms with van der Waals surface area (Å²) in [6.45, 7) is 6.36. The van der Waals surface area contributed by atoms with Crippen LogP contribution in [0.4, 0.5) is 11.5 Å². The Kier molecular flexibility index (Phi) is 3.79. The number of fused-ring (bicyclic) bond motifs is 1. The molecule has 0 unspecified atom stereocenters. The van der Waals surface area contributed by atoms with Gasteiger partial charge in [0.25, 0.3) is 0 Å². The Morgan fingerprint density at radius 3 is 2.76 bits per heavy atom. The van der Waals surface area contributed by atoms with Crippen LogP contribution < -0.4 is 10.6 Å². The van der Waals surface area contributed by atoms with Crippen molar-refractivity contribution in [2.75, 3.05) is 23.7 Å². The molecule has 0 bridgehead atoms. The highest BCUT2D eigenvalue weighted by Gasteiger charge is 2.21. The fraction of sp³-hybridized carbons (Fsp3) is 0.588. The van der Waals surface area contributed by atoms with Gasteiger partial charge in [-0.1, -0.05) is 12.8 Å². The van der Waals surface area contributed by atoms with Crippen LogP contribution in [-0.4, -0.2) is 22.6 Å². The van der Waals surface area contributed by atoms with Gasteiger partial charge in [-0.2, -0.15) is 0 Å². The predicted octanol–water partition coefficient (Wildman–Crippen LogP) is 3.48. The third kappa shape index (κ3) is 2.59. The minimum atomic E-state index is 0.795. The number of nitrogen functional groups attached to an aromatic ring is 1. The quantitative estimate of drug-likeness (QED) is 0.936. The molecule has 21 heavy (non-hydrogen) atoms. The van der Waals surface area contributed by atoms with Crippen LogP contribution in [0.3, 0.4) is 0 Å². The fourth-order valence-corrected chi connectivity index (χ4v) is 3.61. The molecule has 0 radical (unpaired) electrons. The smallest absolute Gasteiger partial charge is 0.152 e. The molecule has 4 nitrogen and oxygen atoms in total. The molecule has 0 saturated heterocycles. The Bertz CT molecular complexity index is 638. The van der Waals surface area contributed by atoms with Crippen molar-refractivity contribution >= 4 is 22.5 Å². The summed E-state index contributed by atoms with van der Waals surface area (Å²) in [7, 11) is 2.05. The van der Waals surface area contributed by atoms with Crippen LogP contribution in [0.5, 0.6) is 0 Å². The molecule has 2 heterocycles. The lowest BCUT2D eigenvalue weighted by atomic mass is 10.1. The summed E-state index contributed by atoms with van der Waals surface area (Å²) >= 11 is 0. The van der Waals surface area contributed by atoms with Crippen LogP contribution in [0.25, 0.3) is 11.0 Å². The SMILES string of the molecule is CCN(CC1CCCC1)c1nc2c(C)cn(C)c2cc1N. The zero-order valence-electron chi connectivity index (χ0n) is 13.4. The number of pyridine rings is 1. The van der Waals surface area contributed by atoms with E-state index in [2.05, 4.69) is 35.6 Å².